The number of nitrogens with one attached hydrogen (secondary N) is 1. The summed E-state index contributed by atoms with van der Waals surface area (Å²) in [4.78, 5) is 0. The summed E-state index contributed by atoms with van der Waals surface area (Å²) < 4.78 is 16.4. The molecule has 1 N–H and O–H groups in total. The Labute approximate surface area is 141 Å². The first-order valence-electron chi connectivity index (χ1n) is 7.50. The molecule has 0 radical (unpaired) electrons. The summed E-state index contributed by atoms with van der Waals surface area (Å²) in [6, 6.07) is 7.93. The number of hydrogen-bond donors (Lipinski definition) is 1. The van der Waals surface area contributed by atoms with E-state index in [1.165, 1.54) is 0 Å². The number of methoxy groups -OCH3 is 1. The van der Waals surface area contributed by atoms with E-state index in [4.69, 9.17) is 25.8 Å². The van der Waals surface area contributed by atoms with Crippen molar-refractivity contribution in [1.29, 1.82) is 0 Å². The second-order valence-electron chi connectivity index (χ2n) is 5.61. The van der Waals surface area contributed by atoms with E-state index in [2.05, 4.69) is 11.4 Å². The molecule has 1 aliphatic heterocycles. The Hall–Kier alpha value is -1.91. The summed E-state index contributed by atoms with van der Waals surface area (Å²) in [6.07, 6.45) is 0. The van der Waals surface area contributed by atoms with Gasteiger partial charge in [0.25, 0.3) is 0 Å². The lowest BCUT2D eigenvalue weighted by Crippen LogP contribution is -2.14. The van der Waals surface area contributed by atoms with E-state index >= 15 is 0 Å². The fourth-order valence-electron chi connectivity index (χ4n) is 2.91. The normalized spacial score (nSPS) is 13.2. The van der Waals surface area contributed by atoms with Crippen LogP contribution in [0, 0.1) is 13.8 Å². The van der Waals surface area contributed by atoms with Gasteiger partial charge in [-0.2, -0.15) is 0 Å². The molecule has 0 unspecified atom stereocenters. The van der Waals surface area contributed by atoms with Gasteiger partial charge in [0.1, 0.15) is 11.5 Å². The zero-order chi connectivity index (χ0) is 16.4. The lowest BCUT2D eigenvalue weighted by Gasteiger charge is -2.22. The number of aryl methyl sites for hydroxylation is 1. The predicted octanol–water partition coefficient (Wildman–Crippen LogP) is 4.44. The highest BCUT2D eigenvalue weighted by Gasteiger charge is 2.17. The van der Waals surface area contributed by atoms with Crippen LogP contribution in [-0.2, 0) is 17.9 Å². The van der Waals surface area contributed by atoms with Gasteiger partial charge in [0.2, 0.25) is 0 Å². The van der Waals surface area contributed by atoms with E-state index in [0.717, 1.165) is 39.4 Å². The Morgan fingerprint density at radius 2 is 2.09 bits per heavy atom. The minimum Gasteiger partial charge on any atom is -0.496 e. The summed E-state index contributed by atoms with van der Waals surface area (Å²) in [7, 11) is 1.69. The van der Waals surface area contributed by atoms with Crippen LogP contribution in [0.5, 0.6) is 11.5 Å². The van der Waals surface area contributed by atoms with Crippen molar-refractivity contribution < 1.29 is 14.2 Å². The Kier molecular flexibility index (Phi) is 4.64. The quantitative estimate of drug-likeness (QED) is 0.897. The van der Waals surface area contributed by atoms with Gasteiger partial charge in [0.05, 0.1) is 13.7 Å². The van der Waals surface area contributed by atoms with Crippen LogP contribution in [-0.4, -0.2) is 13.9 Å². The van der Waals surface area contributed by atoms with Gasteiger partial charge in [0.15, 0.2) is 6.79 Å². The van der Waals surface area contributed by atoms with Crippen molar-refractivity contribution in [2.24, 2.45) is 0 Å². The molecule has 122 valence electrons. The van der Waals surface area contributed by atoms with E-state index in [1.807, 2.05) is 32.0 Å². The van der Waals surface area contributed by atoms with Crippen molar-refractivity contribution in [3.63, 3.8) is 0 Å². The van der Waals surface area contributed by atoms with Crippen LogP contribution in [0.4, 0.5) is 5.69 Å². The molecule has 0 aliphatic carbocycles. The van der Waals surface area contributed by atoms with Crippen molar-refractivity contribution >= 4 is 17.3 Å². The summed E-state index contributed by atoms with van der Waals surface area (Å²) in [5, 5.41) is 4.14. The van der Waals surface area contributed by atoms with E-state index in [1.54, 1.807) is 7.11 Å². The molecule has 0 aromatic heterocycles. The number of anilines is 1. The second kappa shape index (κ2) is 6.69. The highest BCUT2D eigenvalue weighted by molar-refractivity contribution is 6.30. The van der Waals surface area contributed by atoms with E-state index in [9.17, 15) is 0 Å². The molecule has 2 aromatic rings. The summed E-state index contributed by atoms with van der Waals surface area (Å²) >= 11 is 6.20. The molecule has 1 heterocycles. The fourth-order valence-corrected chi connectivity index (χ4v) is 3.17. The molecular weight excluding hydrogens is 314 g/mol. The molecule has 0 amide bonds. The van der Waals surface area contributed by atoms with Gasteiger partial charge in [-0.3, -0.25) is 0 Å². The molecule has 5 heteroatoms. The molecule has 4 nitrogen and oxygen atoms in total. The van der Waals surface area contributed by atoms with Crippen LogP contribution in [0.15, 0.2) is 24.3 Å². The van der Waals surface area contributed by atoms with Crippen LogP contribution < -0.4 is 14.8 Å². The third-order valence-electron chi connectivity index (χ3n) is 4.03. The third-order valence-corrected chi connectivity index (χ3v) is 4.25. The Morgan fingerprint density at radius 1 is 1.26 bits per heavy atom. The lowest BCUT2D eigenvalue weighted by molar-refractivity contribution is -0.0169. The number of rotatable bonds is 4. The lowest BCUT2D eigenvalue weighted by atomic mass is 10.1. The number of benzene rings is 2. The highest BCUT2D eigenvalue weighted by Crippen LogP contribution is 2.33. The van der Waals surface area contributed by atoms with Gasteiger partial charge >= 0.3 is 0 Å². The van der Waals surface area contributed by atoms with E-state index < -0.39 is 0 Å². The van der Waals surface area contributed by atoms with E-state index in [-0.39, 0.29) is 6.79 Å². The number of fused-ring (bicyclic) bond motifs is 1. The van der Waals surface area contributed by atoms with Crippen molar-refractivity contribution in [1.82, 2.24) is 0 Å². The first-order valence-corrected chi connectivity index (χ1v) is 7.88. The van der Waals surface area contributed by atoms with Crippen molar-refractivity contribution in [3.8, 4) is 11.5 Å². The van der Waals surface area contributed by atoms with Crippen LogP contribution in [0.3, 0.4) is 0 Å². The topological polar surface area (TPSA) is 39.7 Å². The molecule has 23 heavy (non-hydrogen) atoms. The molecule has 0 atom stereocenters. The summed E-state index contributed by atoms with van der Waals surface area (Å²) in [5.74, 6) is 1.78. The van der Waals surface area contributed by atoms with Gasteiger partial charge in [-0.15, -0.1) is 0 Å². The average Bonchev–Trinajstić information content (AvgIpc) is 2.54. The minimum absolute atomic E-state index is 0.277. The van der Waals surface area contributed by atoms with Gasteiger partial charge in [-0.05, 0) is 37.6 Å². The SMILES string of the molecule is COc1c(C)ccc(NCc2cc(Cl)cc3c2OCOC3)c1C. The van der Waals surface area contributed by atoms with Crippen LogP contribution in [0.25, 0.3) is 0 Å². The molecular formula is C18H20ClNO3. The smallest absolute Gasteiger partial charge is 0.189 e. The maximum absolute atomic E-state index is 6.20. The average molecular weight is 334 g/mol. The Morgan fingerprint density at radius 3 is 2.87 bits per heavy atom. The Balaban J connectivity index is 1.86. The first-order chi connectivity index (χ1) is 11.1. The fraction of sp³-hybridized carbons (Fsp3) is 0.333. The molecule has 0 fully saturated rings. The van der Waals surface area contributed by atoms with Gasteiger partial charge < -0.3 is 19.5 Å². The zero-order valence-corrected chi connectivity index (χ0v) is 14.3. The maximum atomic E-state index is 6.20. The van der Waals surface area contributed by atoms with Crippen molar-refractivity contribution in [2.45, 2.75) is 27.0 Å². The number of halogens is 1. The molecule has 1 aliphatic rings. The van der Waals surface area contributed by atoms with Crippen LogP contribution in [0.1, 0.15) is 22.3 Å². The monoisotopic (exact) mass is 333 g/mol. The van der Waals surface area contributed by atoms with Crippen molar-refractivity contribution in [3.05, 3.63) is 51.5 Å². The van der Waals surface area contributed by atoms with Gasteiger partial charge in [-0.25, -0.2) is 0 Å². The minimum atomic E-state index is 0.277. The largest absolute Gasteiger partial charge is 0.496 e. The highest BCUT2D eigenvalue weighted by atomic mass is 35.5. The van der Waals surface area contributed by atoms with Crippen LogP contribution in [0.2, 0.25) is 5.02 Å². The molecule has 0 bridgehead atoms. The molecule has 0 saturated carbocycles. The van der Waals surface area contributed by atoms with Gasteiger partial charge in [-0.1, -0.05) is 17.7 Å². The summed E-state index contributed by atoms with van der Waals surface area (Å²) in [6.45, 7) is 5.51. The zero-order valence-electron chi connectivity index (χ0n) is 13.5. The standard InChI is InChI=1S/C18H20ClNO3/c1-11-4-5-16(12(2)17(11)21-3)20-8-13-6-15(19)7-14-9-22-10-23-18(13)14/h4-7,20H,8-10H2,1-3H3. The molecule has 3 rings (SSSR count). The second-order valence-corrected chi connectivity index (χ2v) is 6.04. The maximum Gasteiger partial charge on any atom is 0.189 e. The third kappa shape index (κ3) is 3.23. The van der Waals surface area contributed by atoms with Gasteiger partial charge in [0, 0.05) is 33.9 Å². The number of ether oxygens (including phenoxy) is 3. The first kappa shape index (κ1) is 16.0. The number of hydrogen-bond acceptors (Lipinski definition) is 4. The summed E-state index contributed by atoms with van der Waals surface area (Å²) in [5.41, 5.74) is 5.26. The molecule has 0 saturated heterocycles. The Bertz CT molecular complexity index is 731. The molecule has 0 spiro atoms. The van der Waals surface area contributed by atoms with Crippen LogP contribution >= 0.6 is 11.6 Å². The van der Waals surface area contributed by atoms with E-state index in [0.29, 0.717) is 18.2 Å². The molecule has 2 aromatic carbocycles. The van der Waals surface area contributed by atoms with Crippen molar-refractivity contribution in [2.75, 3.05) is 19.2 Å². The predicted molar refractivity (Wildman–Crippen MR) is 91.5 cm³/mol.